The number of amides is 1. The van der Waals surface area contributed by atoms with Crippen LogP contribution in [0.5, 0.6) is 0 Å². The summed E-state index contributed by atoms with van der Waals surface area (Å²) in [5.41, 5.74) is 1.06. The fraction of sp³-hybridized carbons (Fsp3) is 0.300. The Morgan fingerprint density at radius 2 is 1.92 bits per heavy atom. The summed E-state index contributed by atoms with van der Waals surface area (Å²) in [6, 6.07) is 12.0. The van der Waals surface area contributed by atoms with Gasteiger partial charge in [-0.2, -0.15) is 0 Å². The van der Waals surface area contributed by atoms with E-state index in [0.29, 0.717) is 17.8 Å². The van der Waals surface area contributed by atoms with Gasteiger partial charge in [-0.1, -0.05) is 30.3 Å². The van der Waals surface area contributed by atoms with E-state index in [-0.39, 0.29) is 12.3 Å². The third kappa shape index (κ3) is 2.51. The second-order valence-corrected chi connectivity index (χ2v) is 6.76. The van der Waals surface area contributed by atoms with E-state index in [2.05, 4.69) is 0 Å². The van der Waals surface area contributed by atoms with Crippen molar-refractivity contribution in [2.24, 2.45) is 0 Å². The minimum atomic E-state index is -1.33. The summed E-state index contributed by atoms with van der Waals surface area (Å²) in [5, 5.41) is 0. The van der Waals surface area contributed by atoms with E-state index in [0.717, 1.165) is 24.0 Å². The maximum atomic E-state index is 14.4. The molecule has 0 fully saturated rings. The van der Waals surface area contributed by atoms with E-state index in [9.17, 15) is 14.0 Å². The van der Waals surface area contributed by atoms with Gasteiger partial charge in [0.2, 0.25) is 0 Å². The third-order valence-electron chi connectivity index (χ3n) is 4.95. The molecular weight excluding hydrogens is 321 g/mol. The van der Waals surface area contributed by atoms with Crippen LogP contribution >= 0.6 is 0 Å². The molecule has 0 aromatic heterocycles. The number of hydrogen-bond acceptors (Lipinski definition) is 3. The molecule has 0 N–H and O–H groups in total. The molecule has 5 heteroatoms. The normalized spacial score (nSPS) is 22.0. The highest BCUT2D eigenvalue weighted by Gasteiger charge is 2.46. The molecule has 2 aromatic carbocycles. The molecular formula is C20H18FNO3. The number of ether oxygens (including phenoxy) is 1. The van der Waals surface area contributed by atoms with Crippen molar-refractivity contribution < 1.29 is 18.7 Å². The van der Waals surface area contributed by atoms with Crippen molar-refractivity contribution in [3.8, 4) is 0 Å². The highest BCUT2D eigenvalue weighted by atomic mass is 19.1. The van der Waals surface area contributed by atoms with Crippen molar-refractivity contribution in [3.05, 3.63) is 65.0 Å². The van der Waals surface area contributed by atoms with Gasteiger partial charge in [0, 0.05) is 13.0 Å². The van der Waals surface area contributed by atoms with Gasteiger partial charge in [-0.05, 0) is 43.0 Å². The van der Waals surface area contributed by atoms with Gasteiger partial charge >= 0.3 is 5.97 Å². The molecule has 1 unspecified atom stereocenters. The van der Waals surface area contributed by atoms with Crippen LogP contribution in [-0.4, -0.2) is 24.0 Å². The number of benzene rings is 2. The summed E-state index contributed by atoms with van der Waals surface area (Å²) in [6.45, 7) is 2.03. The van der Waals surface area contributed by atoms with Crippen LogP contribution in [0.3, 0.4) is 0 Å². The van der Waals surface area contributed by atoms with Gasteiger partial charge in [0.15, 0.2) is 5.60 Å². The predicted octanol–water partition coefficient (Wildman–Crippen LogP) is 3.28. The molecule has 2 aromatic rings. The number of carbonyl (C=O) groups excluding carboxylic acids is 2. The lowest BCUT2D eigenvalue weighted by Crippen LogP contribution is -2.54. The Morgan fingerprint density at radius 1 is 1.16 bits per heavy atom. The van der Waals surface area contributed by atoms with Crippen LogP contribution in [0.4, 0.5) is 10.1 Å². The molecule has 2 aliphatic heterocycles. The van der Waals surface area contributed by atoms with Crippen molar-refractivity contribution in [1.29, 1.82) is 0 Å². The average Bonchev–Trinajstić information content (AvgIpc) is 2.61. The van der Waals surface area contributed by atoms with E-state index < -0.39 is 17.4 Å². The molecule has 0 saturated heterocycles. The monoisotopic (exact) mass is 339 g/mol. The largest absolute Gasteiger partial charge is 0.445 e. The zero-order chi connectivity index (χ0) is 17.6. The van der Waals surface area contributed by atoms with Gasteiger partial charge in [0.1, 0.15) is 5.82 Å². The summed E-state index contributed by atoms with van der Waals surface area (Å²) < 4.78 is 19.9. The van der Waals surface area contributed by atoms with Crippen LogP contribution in [0.2, 0.25) is 0 Å². The molecule has 128 valence electrons. The highest BCUT2D eigenvalue weighted by molar-refractivity contribution is 6.04. The Balaban J connectivity index is 1.72. The summed E-state index contributed by atoms with van der Waals surface area (Å²) in [5.74, 6) is -1.30. The highest BCUT2D eigenvalue weighted by Crippen LogP contribution is 2.35. The first kappa shape index (κ1) is 15.8. The summed E-state index contributed by atoms with van der Waals surface area (Å²) in [6.07, 6.45) is 1.77. The maximum Gasteiger partial charge on any atom is 0.339 e. The number of rotatable bonds is 1. The number of aryl methyl sites for hydroxylation is 1. The van der Waals surface area contributed by atoms with Gasteiger partial charge < -0.3 is 9.64 Å². The van der Waals surface area contributed by atoms with Crippen LogP contribution in [0.1, 0.15) is 34.8 Å². The lowest BCUT2D eigenvalue weighted by atomic mass is 9.88. The molecule has 2 heterocycles. The van der Waals surface area contributed by atoms with Crippen LogP contribution < -0.4 is 4.90 Å². The Labute approximate surface area is 145 Å². The molecule has 0 spiro atoms. The number of halogens is 1. The zero-order valence-corrected chi connectivity index (χ0v) is 13.9. The van der Waals surface area contributed by atoms with Crippen LogP contribution in [0.25, 0.3) is 0 Å². The summed E-state index contributed by atoms with van der Waals surface area (Å²) >= 11 is 0. The second-order valence-electron chi connectivity index (χ2n) is 6.76. The molecule has 1 atom stereocenters. The molecule has 2 aliphatic rings. The maximum absolute atomic E-state index is 14.4. The standard InChI is InChI=1S/C20H18FNO3/c1-20(12-14-6-2-3-9-15(14)18(23)25-20)19(24)22-11-5-8-13-7-4-10-16(21)17(13)22/h2-4,6-7,9-10H,5,8,11-12H2,1H3. The van der Waals surface area contributed by atoms with E-state index >= 15 is 0 Å². The fourth-order valence-electron chi connectivity index (χ4n) is 3.74. The Bertz CT molecular complexity index is 879. The number of nitrogens with zero attached hydrogens (tertiary/aromatic N) is 1. The second kappa shape index (κ2) is 5.69. The summed E-state index contributed by atoms with van der Waals surface area (Å²) in [7, 11) is 0. The predicted molar refractivity (Wildman–Crippen MR) is 91.0 cm³/mol. The van der Waals surface area contributed by atoms with E-state index in [4.69, 9.17) is 4.74 Å². The smallest absolute Gasteiger partial charge is 0.339 e. The fourth-order valence-corrected chi connectivity index (χ4v) is 3.74. The van der Waals surface area contributed by atoms with Crippen molar-refractivity contribution in [2.75, 3.05) is 11.4 Å². The molecule has 0 saturated carbocycles. The molecule has 0 aliphatic carbocycles. The van der Waals surface area contributed by atoms with E-state index in [1.165, 1.54) is 11.0 Å². The van der Waals surface area contributed by atoms with Gasteiger partial charge in [0.25, 0.3) is 5.91 Å². The Kier molecular flexibility index (Phi) is 3.60. The van der Waals surface area contributed by atoms with Crippen LogP contribution in [0.15, 0.2) is 42.5 Å². The Morgan fingerprint density at radius 3 is 2.76 bits per heavy atom. The van der Waals surface area contributed by atoms with Crippen LogP contribution in [-0.2, 0) is 22.4 Å². The van der Waals surface area contributed by atoms with E-state index in [1.54, 1.807) is 25.1 Å². The van der Waals surface area contributed by atoms with Gasteiger partial charge in [-0.15, -0.1) is 0 Å². The number of cyclic esters (lactones) is 1. The number of carbonyl (C=O) groups is 2. The molecule has 0 bridgehead atoms. The SMILES string of the molecule is CC1(C(=O)N2CCCc3cccc(F)c32)Cc2ccccc2C(=O)O1. The quantitative estimate of drug-likeness (QED) is 0.749. The van der Waals surface area contributed by atoms with Crippen molar-refractivity contribution >= 4 is 17.6 Å². The minimum Gasteiger partial charge on any atom is -0.445 e. The molecule has 25 heavy (non-hydrogen) atoms. The zero-order valence-electron chi connectivity index (χ0n) is 13.9. The molecule has 4 nitrogen and oxygen atoms in total. The first-order chi connectivity index (χ1) is 12.0. The average molecular weight is 339 g/mol. The number of hydrogen-bond donors (Lipinski definition) is 0. The Hall–Kier alpha value is -2.69. The molecule has 0 radical (unpaired) electrons. The molecule has 1 amide bonds. The van der Waals surface area contributed by atoms with E-state index in [1.807, 2.05) is 18.2 Å². The minimum absolute atomic E-state index is 0.286. The number of fused-ring (bicyclic) bond motifs is 2. The van der Waals surface area contributed by atoms with Crippen molar-refractivity contribution in [1.82, 2.24) is 0 Å². The van der Waals surface area contributed by atoms with Crippen molar-refractivity contribution in [2.45, 2.75) is 31.8 Å². The summed E-state index contributed by atoms with van der Waals surface area (Å²) in [4.78, 5) is 27.0. The third-order valence-corrected chi connectivity index (χ3v) is 4.95. The number of para-hydroxylation sites is 1. The van der Waals surface area contributed by atoms with Crippen molar-refractivity contribution in [3.63, 3.8) is 0 Å². The first-order valence-corrected chi connectivity index (χ1v) is 8.40. The van der Waals surface area contributed by atoms with Gasteiger partial charge in [-0.3, -0.25) is 4.79 Å². The first-order valence-electron chi connectivity index (χ1n) is 8.40. The van der Waals surface area contributed by atoms with Crippen LogP contribution in [0, 0.1) is 5.82 Å². The number of anilines is 1. The lowest BCUT2D eigenvalue weighted by Gasteiger charge is -2.39. The topological polar surface area (TPSA) is 46.6 Å². The van der Waals surface area contributed by atoms with Gasteiger partial charge in [-0.25, -0.2) is 9.18 Å². The van der Waals surface area contributed by atoms with Gasteiger partial charge in [0.05, 0.1) is 11.3 Å². The lowest BCUT2D eigenvalue weighted by molar-refractivity contribution is -0.137. The molecule has 4 rings (SSSR count). The number of esters is 1.